The molecule has 1 aliphatic rings. The number of hydrogen-bond donors (Lipinski definition) is 0. The van der Waals surface area contributed by atoms with E-state index in [-0.39, 0.29) is 11.7 Å². The summed E-state index contributed by atoms with van der Waals surface area (Å²) in [6.07, 6.45) is 4.43. The maximum atomic E-state index is 13.8. The lowest BCUT2D eigenvalue weighted by molar-refractivity contribution is -0.132. The Bertz CT molecular complexity index is 945. The summed E-state index contributed by atoms with van der Waals surface area (Å²) in [5.41, 5.74) is 3.35. The summed E-state index contributed by atoms with van der Waals surface area (Å²) < 4.78 is 15.6. The topological polar surface area (TPSA) is 38.1 Å². The van der Waals surface area contributed by atoms with Crippen LogP contribution in [0.5, 0.6) is 0 Å². The van der Waals surface area contributed by atoms with Crippen molar-refractivity contribution in [1.29, 1.82) is 0 Å². The van der Waals surface area contributed by atoms with Crippen LogP contribution in [0.2, 0.25) is 0 Å². The highest BCUT2D eigenvalue weighted by molar-refractivity contribution is 5.76. The second kappa shape index (κ2) is 8.38. The Morgan fingerprint density at radius 1 is 0.964 bits per heavy atom. The van der Waals surface area contributed by atoms with Crippen molar-refractivity contribution >= 4 is 5.91 Å². The largest absolute Gasteiger partial charge is 0.343 e. The SMILES string of the molecule is O=C(CCc1cc(-c2cccc(F)c2)n(-c2ccccc2)n1)N1CCCCC1. The number of rotatable bonds is 5. The van der Waals surface area contributed by atoms with Crippen LogP contribution in [0.4, 0.5) is 4.39 Å². The standard InChI is InChI=1S/C23H24FN3O/c24-19-9-7-8-18(16-19)22-17-20(25-27(22)21-10-3-1-4-11-21)12-13-23(28)26-14-5-2-6-15-26/h1,3-4,7-11,16-17H,2,5-6,12-15H2. The van der Waals surface area contributed by atoms with Crippen molar-refractivity contribution in [2.75, 3.05) is 13.1 Å². The van der Waals surface area contributed by atoms with Crippen LogP contribution < -0.4 is 0 Å². The Morgan fingerprint density at radius 2 is 1.75 bits per heavy atom. The normalized spacial score (nSPS) is 14.2. The summed E-state index contributed by atoms with van der Waals surface area (Å²) in [5, 5.41) is 4.73. The predicted molar refractivity (Wildman–Crippen MR) is 108 cm³/mol. The van der Waals surface area contributed by atoms with E-state index in [1.165, 1.54) is 18.6 Å². The van der Waals surface area contributed by atoms with Gasteiger partial charge in [-0.25, -0.2) is 9.07 Å². The number of nitrogens with zero attached hydrogens (tertiary/aromatic N) is 3. The third kappa shape index (κ3) is 4.14. The van der Waals surface area contributed by atoms with Gasteiger partial charge in [0, 0.05) is 31.5 Å². The van der Waals surface area contributed by atoms with Crippen LogP contribution in [0.15, 0.2) is 60.7 Å². The summed E-state index contributed by atoms with van der Waals surface area (Å²) >= 11 is 0. The highest BCUT2D eigenvalue weighted by Crippen LogP contribution is 2.25. The van der Waals surface area contributed by atoms with E-state index >= 15 is 0 Å². The summed E-state index contributed by atoms with van der Waals surface area (Å²) in [6, 6.07) is 18.3. The Hall–Kier alpha value is -2.95. The Kier molecular flexibility index (Phi) is 5.51. The van der Waals surface area contributed by atoms with Crippen molar-refractivity contribution in [2.24, 2.45) is 0 Å². The number of benzene rings is 2. The molecule has 2 heterocycles. The molecule has 0 saturated carbocycles. The Labute approximate surface area is 164 Å². The molecule has 0 bridgehead atoms. The monoisotopic (exact) mass is 377 g/mol. The minimum absolute atomic E-state index is 0.196. The highest BCUT2D eigenvalue weighted by atomic mass is 19.1. The second-order valence-corrected chi connectivity index (χ2v) is 7.22. The molecule has 0 radical (unpaired) electrons. The van der Waals surface area contributed by atoms with Gasteiger partial charge >= 0.3 is 0 Å². The van der Waals surface area contributed by atoms with Crippen LogP contribution in [-0.4, -0.2) is 33.7 Å². The zero-order valence-electron chi connectivity index (χ0n) is 15.9. The number of carbonyl (C=O) groups is 1. The number of halogens is 1. The molecule has 1 aromatic heterocycles. The van der Waals surface area contributed by atoms with E-state index in [1.54, 1.807) is 6.07 Å². The minimum Gasteiger partial charge on any atom is -0.343 e. The van der Waals surface area contributed by atoms with Crippen molar-refractivity contribution < 1.29 is 9.18 Å². The number of amides is 1. The smallest absolute Gasteiger partial charge is 0.222 e. The van der Waals surface area contributed by atoms with Gasteiger partial charge in [0.15, 0.2) is 0 Å². The van der Waals surface area contributed by atoms with E-state index in [1.807, 2.05) is 52.0 Å². The summed E-state index contributed by atoms with van der Waals surface area (Å²) in [4.78, 5) is 14.5. The molecule has 0 N–H and O–H groups in total. The van der Waals surface area contributed by atoms with Gasteiger partial charge in [-0.05, 0) is 49.6 Å². The van der Waals surface area contributed by atoms with Crippen molar-refractivity contribution in [3.05, 3.63) is 72.2 Å². The third-order valence-electron chi connectivity index (χ3n) is 5.18. The maximum Gasteiger partial charge on any atom is 0.222 e. The molecule has 2 aromatic carbocycles. The molecule has 1 aliphatic heterocycles. The first-order chi connectivity index (χ1) is 13.7. The van der Waals surface area contributed by atoms with E-state index in [4.69, 9.17) is 5.10 Å². The fourth-order valence-corrected chi connectivity index (χ4v) is 3.71. The fourth-order valence-electron chi connectivity index (χ4n) is 3.71. The maximum absolute atomic E-state index is 13.8. The number of piperidine rings is 1. The molecule has 0 unspecified atom stereocenters. The number of hydrogen-bond acceptors (Lipinski definition) is 2. The molecule has 0 aliphatic carbocycles. The van der Waals surface area contributed by atoms with E-state index < -0.39 is 0 Å². The lowest BCUT2D eigenvalue weighted by Gasteiger charge is -2.26. The molecule has 4 nitrogen and oxygen atoms in total. The first kappa shape index (κ1) is 18.4. The molecule has 0 atom stereocenters. The van der Waals surface area contributed by atoms with Gasteiger partial charge in [0.1, 0.15) is 5.82 Å². The highest BCUT2D eigenvalue weighted by Gasteiger charge is 2.18. The van der Waals surface area contributed by atoms with Gasteiger partial charge in [0.25, 0.3) is 0 Å². The molecule has 4 rings (SSSR count). The van der Waals surface area contributed by atoms with Gasteiger partial charge in [0.05, 0.1) is 17.1 Å². The van der Waals surface area contributed by atoms with Crippen molar-refractivity contribution in [3.8, 4) is 16.9 Å². The lowest BCUT2D eigenvalue weighted by Crippen LogP contribution is -2.35. The van der Waals surface area contributed by atoms with Crippen LogP contribution in [-0.2, 0) is 11.2 Å². The van der Waals surface area contributed by atoms with Gasteiger partial charge in [0.2, 0.25) is 5.91 Å². The molecule has 3 aromatic rings. The van der Waals surface area contributed by atoms with Gasteiger partial charge < -0.3 is 4.90 Å². The Morgan fingerprint density at radius 3 is 2.50 bits per heavy atom. The van der Waals surface area contributed by atoms with Crippen molar-refractivity contribution in [1.82, 2.24) is 14.7 Å². The van der Waals surface area contributed by atoms with Crippen LogP contribution in [0.1, 0.15) is 31.4 Å². The van der Waals surface area contributed by atoms with Gasteiger partial charge in [-0.15, -0.1) is 0 Å². The van der Waals surface area contributed by atoms with Crippen LogP contribution >= 0.6 is 0 Å². The molecule has 0 spiro atoms. The fraction of sp³-hybridized carbons (Fsp3) is 0.304. The quantitative estimate of drug-likeness (QED) is 0.650. The number of aryl methyl sites for hydroxylation is 1. The number of aromatic nitrogens is 2. The molecular weight excluding hydrogens is 353 g/mol. The summed E-state index contributed by atoms with van der Waals surface area (Å²) in [7, 11) is 0. The predicted octanol–water partition coefficient (Wildman–Crippen LogP) is 4.62. The third-order valence-corrected chi connectivity index (χ3v) is 5.18. The minimum atomic E-state index is -0.278. The van der Waals surface area contributed by atoms with E-state index in [0.717, 1.165) is 48.6 Å². The number of para-hydroxylation sites is 1. The van der Waals surface area contributed by atoms with Crippen LogP contribution in [0.3, 0.4) is 0 Å². The number of likely N-dealkylation sites (tertiary alicyclic amines) is 1. The molecule has 28 heavy (non-hydrogen) atoms. The zero-order chi connectivity index (χ0) is 19.3. The first-order valence-corrected chi connectivity index (χ1v) is 9.89. The molecule has 1 fully saturated rings. The van der Waals surface area contributed by atoms with Gasteiger partial charge in [-0.3, -0.25) is 4.79 Å². The molecule has 1 amide bonds. The molecular formula is C23H24FN3O. The van der Waals surface area contributed by atoms with Crippen molar-refractivity contribution in [3.63, 3.8) is 0 Å². The van der Waals surface area contributed by atoms with E-state index in [0.29, 0.717) is 12.8 Å². The lowest BCUT2D eigenvalue weighted by atomic mass is 10.1. The average Bonchev–Trinajstić information content (AvgIpc) is 3.18. The van der Waals surface area contributed by atoms with Crippen LogP contribution in [0, 0.1) is 5.82 Å². The molecule has 1 saturated heterocycles. The van der Waals surface area contributed by atoms with Gasteiger partial charge in [-0.1, -0.05) is 30.3 Å². The summed E-state index contributed by atoms with van der Waals surface area (Å²) in [5.74, 6) is -0.0820. The van der Waals surface area contributed by atoms with E-state index in [2.05, 4.69) is 0 Å². The van der Waals surface area contributed by atoms with E-state index in [9.17, 15) is 9.18 Å². The van der Waals surface area contributed by atoms with Gasteiger partial charge in [-0.2, -0.15) is 5.10 Å². The first-order valence-electron chi connectivity index (χ1n) is 9.89. The average molecular weight is 377 g/mol. The zero-order valence-corrected chi connectivity index (χ0v) is 15.9. The Balaban J connectivity index is 1.59. The second-order valence-electron chi connectivity index (χ2n) is 7.22. The summed E-state index contributed by atoms with van der Waals surface area (Å²) in [6.45, 7) is 1.73. The number of carbonyl (C=O) groups excluding carboxylic acids is 1. The van der Waals surface area contributed by atoms with Crippen molar-refractivity contribution in [2.45, 2.75) is 32.1 Å². The van der Waals surface area contributed by atoms with Crippen LogP contribution in [0.25, 0.3) is 16.9 Å². The molecule has 5 heteroatoms. The molecule has 144 valence electrons.